The van der Waals surface area contributed by atoms with E-state index in [0.717, 1.165) is 63.5 Å². The topological polar surface area (TPSA) is 166 Å². The van der Waals surface area contributed by atoms with Crippen molar-refractivity contribution in [2.75, 3.05) is 59.7 Å². The van der Waals surface area contributed by atoms with Crippen molar-refractivity contribution in [2.45, 2.75) is 63.8 Å². The van der Waals surface area contributed by atoms with Crippen molar-refractivity contribution in [3.05, 3.63) is 101 Å². The third-order valence-electron chi connectivity index (χ3n) is 11.2. The zero-order chi connectivity index (χ0) is 40.6. The third kappa shape index (κ3) is 8.02. The number of nitrogens with zero attached hydrogens (tertiary/aromatic N) is 8. The van der Waals surface area contributed by atoms with Crippen LogP contribution >= 0.6 is 0 Å². The number of rotatable bonds is 11. The van der Waals surface area contributed by atoms with Gasteiger partial charge in [-0.05, 0) is 81.6 Å². The fourth-order valence-corrected chi connectivity index (χ4v) is 8.10. The number of hydrogen-bond donors (Lipinski definition) is 4. The molecule has 0 saturated carbocycles. The Hall–Kier alpha value is -6.13. The second kappa shape index (κ2) is 16.0. The van der Waals surface area contributed by atoms with Crippen molar-refractivity contribution in [1.82, 2.24) is 34.5 Å². The van der Waals surface area contributed by atoms with Gasteiger partial charge in [0.1, 0.15) is 22.8 Å². The number of piperidine rings is 2. The van der Waals surface area contributed by atoms with Crippen molar-refractivity contribution in [1.29, 1.82) is 0 Å². The molecule has 58 heavy (non-hydrogen) atoms. The molecule has 0 spiro atoms. The van der Waals surface area contributed by atoms with Crippen LogP contribution in [0, 0.1) is 5.82 Å². The Morgan fingerprint density at radius 3 is 2.43 bits per heavy atom. The first-order chi connectivity index (χ1) is 27.9. The van der Waals surface area contributed by atoms with Gasteiger partial charge in [-0.2, -0.15) is 4.98 Å². The van der Waals surface area contributed by atoms with Gasteiger partial charge in [0.15, 0.2) is 11.5 Å². The fraction of sp³-hybridized carbons (Fsp3) is 0.381. The van der Waals surface area contributed by atoms with E-state index in [0.29, 0.717) is 52.3 Å². The Morgan fingerprint density at radius 2 is 1.71 bits per heavy atom. The summed E-state index contributed by atoms with van der Waals surface area (Å²) in [5.41, 5.74) is 2.35. The average Bonchev–Trinajstić information content (AvgIpc) is 3.49. The maximum Gasteiger partial charge on any atom is 0.278 e. The zero-order valence-corrected chi connectivity index (χ0v) is 32.7. The summed E-state index contributed by atoms with van der Waals surface area (Å²) in [6.07, 6.45) is 5.67. The second-order valence-corrected chi connectivity index (χ2v) is 15.6. The van der Waals surface area contributed by atoms with Crippen LogP contribution in [0.5, 0.6) is 0 Å². The minimum atomic E-state index is -1.18. The molecule has 2 amide bonds. The molecule has 6 heterocycles. The average molecular weight is 790 g/mol. The Kier molecular flexibility index (Phi) is 10.7. The van der Waals surface area contributed by atoms with Crippen LogP contribution in [0.3, 0.4) is 0 Å². The van der Waals surface area contributed by atoms with Gasteiger partial charge in [-0.15, -0.1) is 6.58 Å². The summed E-state index contributed by atoms with van der Waals surface area (Å²) in [5.74, 6) is -0.239. The number of benzene rings is 2. The van der Waals surface area contributed by atoms with E-state index in [9.17, 15) is 19.5 Å². The molecule has 3 fully saturated rings. The fourth-order valence-electron chi connectivity index (χ4n) is 8.10. The van der Waals surface area contributed by atoms with Crippen molar-refractivity contribution >= 4 is 51.5 Å². The number of aromatic nitrogens is 5. The summed E-state index contributed by atoms with van der Waals surface area (Å²) in [4.78, 5) is 58.0. The van der Waals surface area contributed by atoms with Crippen LogP contribution in [0.15, 0.2) is 84.3 Å². The number of allylic oxidation sites excluding steroid dienone is 1. The smallest absolute Gasteiger partial charge is 0.278 e. The lowest BCUT2D eigenvalue weighted by molar-refractivity contribution is -0.133. The highest BCUT2D eigenvalue weighted by atomic mass is 19.1. The van der Waals surface area contributed by atoms with Crippen LogP contribution in [-0.4, -0.2) is 97.5 Å². The lowest BCUT2D eigenvalue weighted by Gasteiger charge is -2.44. The van der Waals surface area contributed by atoms with Crippen LogP contribution in [0.4, 0.5) is 33.1 Å². The van der Waals surface area contributed by atoms with Gasteiger partial charge >= 0.3 is 0 Å². The van der Waals surface area contributed by atoms with Gasteiger partial charge in [0.05, 0.1) is 17.9 Å². The Labute approximate surface area is 335 Å². The predicted molar refractivity (Wildman–Crippen MR) is 221 cm³/mol. The number of carbonyl (C=O) groups is 2. The molecule has 3 saturated heterocycles. The van der Waals surface area contributed by atoms with E-state index in [4.69, 9.17) is 4.98 Å². The van der Waals surface area contributed by atoms with Crippen molar-refractivity contribution in [2.24, 2.45) is 0 Å². The van der Waals surface area contributed by atoms with E-state index >= 15 is 4.39 Å². The van der Waals surface area contributed by atoms with E-state index in [1.165, 1.54) is 16.9 Å². The van der Waals surface area contributed by atoms with Gasteiger partial charge in [-0.1, -0.05) is 18.2 Å². The quantitative estimate of drug-likeness (QED) is 0.111. The van der Waals surface area contributed by atoms with Crippen LogP contribution < -0.4 is 31.3 Å². The number of aliphatic hydroxyl groups is 1. The number of fused-ring (bicyclic) bond motifs is 1. The number of halogens is 1. The van der Waals surface area contributed by atoms with Crippen molar-refractivity contribution in [3.63, 3.8) is 0 Å². The third-order valence-corrected chi connectivity index (χ3v) is 11.2. The summed E-state index contributed by atoms with van der Waals surface area (Å²) < 4.78 is 18.4. The molecule has 1 atom stereocenters. The van der Waals surface area contributed by atoms with Crippen molar-refractivity contribution < 1.29 is 19.1 Å². The number of imide groups is 1. The molecule has 302 valence electrons. The van der Waals surface area contributed by atoms with Crippen LogP contribution in [0.25, 0.3) is 16.9 Å². The molecule has 4 N–H and O–H groups in total. The summed E-state index contributed by atoms with van der Waals surface area (Å²) in [7, 11) is 0. The number of carbonyl (C=O) groups excluding carboxylic acids is 2. The summed E-state index contributed by atoms with van der Waals surface area (Å²) in [5, 5.41) is 19.7. The van der Waals surface area contributed by atoms with E-state index in [1.54, 1.807) is 54.9 Å². The standard InChI is InChI=1S/C42H48FN11O4/c1-4-17-53-40(57)31-26-44-41(49-38(31)54(53)36-10-6-9-35(47-36)42(2,3)58)46-27-7-5-8-30(24-27)51-22-20-50(21-23-51)29-15-18-52(19-16-29)34-13-11-28(25-32(34)43)45-33-12-14-37(55)48-39(33)56/h4-11,13,24-26,29,33,45,58H,1,12,14-23H2,2-3H3,(H,44,46,49)(H,48,55,56). The lowest BCUT2D eigenvalue weighted by Crippen LogP contribution is -2.53. The summed E-state index contributed by atoms with van der Waals surface area (Å²) in [6, 6.07) is 18.3. The largest absolute Gasteiger partial charge is 0.384 e. The molecule has 2 aromatic carbocycles. The minimum Gasteiger partial charge on any atom is -0.384 e. The van der Waals surface area contributed by atoms with Crippen LogP contribution in [0.1, 0.15) is 45.2 Å². The zero-order valence-electron chi connectivity index (χ0n) is 32.7. The molecule has 3 aliphatic rings. The second-order valence-electron chi connectivity index (χ2n) is 15.6. The maximum atomic E-state index is 15.3. The first-order valence-electron chi connectivity index (χ1n) is 19.8. The monoisotopic (exact) mass is 789 g/mol. The molecule has 3 aliphatic heterocycles. The van der Waals surface area contributed by atoms with Crippen LogP contribution in [0.2, 0.25) is 0 Å². The normalized spacial score (nSPS) is 18.4. The molecule has 15 nitrogen and oxygen atoms in total. The van der Waals surface area contributed by atoms with Crippen LogP contribution in [-0.2, 0) is 21.7 Å². The highest BCUT2D eigenvalue weighted by Crippen LogP contribution is 2.30. The summed E-state index contributed by atoms with van der Waals surface area (Å²) >= 11 is 0. The molecule has 16 heteroatoms. The minimum absolute atomic E-state index is 0.227. The molecule has 0 aliphatic carbocycles. The molecule has 5 aromatic rings. The molecule has 0 bridgehead atoms. The van der Waals surface area contributed by atoms with E-state index in [1.807, 2.05) is 12.1 Å². The number of pyridine rings is 1. The summed E-state index contributed by atoms with van der Waals surface area (Å²) in [6.45, 7) is 12.4. The molecule has 1 unspecified atom stereocenters. The number of hydrogen-bond acceptors (Lipinski definition) is 12. The molecule has 0 radical (unpaired) electrons. The maximum absolute atomic E-state index is 15.3. The number of nitrogens with one attached hydrogen (secondary N) is 3. The van der Waals surface area contributed by atoms with E-state index in [2.05, 4.69) is 59.3 Å². The lowest BCUT2D eigenvalue weighted by atomic mass is 10.0. The van der Waals surface area contributed by atoms with Gasteiger partial charge < -0.3 is 25.5 Å². The SMILES string of the molecule is C=CCn1c(=O)c2cnc(Nc3cccc(N4CCN(C5CCN(c6ccc(NC7CCC(=O)NC7=O)cc6F)CC5)CC4)c3)nc2n1-c1cccc(C(C)(C)O)n1. The number of amides is 2. The van der Waals surface area contributed by atoms with Gasteiger partial charge in [-0.25, -0.2) is 23.7 Å². The molecular formula is C42H48FN11O4. The van der Waals surface area contributed by atoms with Gasteiger partial charge in [0.25, 0.3) is 5.56 Å². The van der Waals surface area contributed by atoms with E-state index < -0.39 is 11.6 Å². The molecular weight excluding hydrogens is 742 g/mol. The highest BCUT2D eigenvalue weighted by Gasteiger charge is 2.30. The number of anilines is 5. The predicted octanol–water partition coefficient (Wildman–Crippen LogP) is 4.28. The van der Waals surface area contributed by atoms with Crippen molar-refractivity contribution in [3.8, 4) is 5.82 Å². The highest BCUT2D eigenvalue weighted by molar-refractivity contribution is 6.01. The Balaban J connectivity index is 0.888. The molecule has 8 rings (SSSR count). The Morgan fingerprint density at radius 1 is 0.931 bits per heavy atom. The molecule has 3 aromatic heterocycles. The first kappa shape index (κ1) is 38.7. The van der Waals surface area contributed by atoms with Gasteiger partial charge in [0, 0.05) is 75.0 Å². The number of piperazine rings is 1. The first-order valence-corrected chi connectivity index (χ1v) is 19.8. The van der Waals surface area contributed by atoms with Gasteiger partial charge in [-0.3, -0.25) is 24.6 Å². The van der Waals surface area contributed by atoms with E-state index in [-0.39, 0.29) is 36.2 Å². The van der Waals surface area contributed by atoms with Gasteiger partial charge in [0.2, 0.25) is 17.8 Å². The Bertz CT molecular complexity index is 2410.